The van der Waals surface area contributed by atoms with E-state index in [0.717, 1.165) is 5.56 Å². The summed E-state index contributed by atoms with van der Waals surface area (Å²) in [5.74, 6) is -0.543. The minimum atomic E-state index is -3.54. The van der Waals surface area contributed by atoms with E-state index in [1.807, 2.05) is 6.92 Å². The van der Waals surface area contributed by atoms with Crippen LogP contribution in [0.15, 0.2) is 52.5 Å². The molecule has 0 radical (unpaired) electrons. The molecule has 0 saturated carbocycles. The molecule has 1 fully saturated rings. The Morgan fingerprint density at radius 3 is 2.45 bits per heavy atom. The Morgan fingerprint density at radius 2 is 1.79 bits per heavy atom. The van der Waals surface area contributed by atoms with Gasteiger partial charge in [0.25, 0.3) is 0 Å². The molecule has 154 valence electrons. The number of hydrazone groups is 1. The number of benzene rings is 2. The standard InChI is InChI=1S/C20H21Cl2N3O3S/c1-14-5-7-17(8-6-14)29(27,28)25-11-9-15(10-12-25)20(26)24-23-13-16-3-2-4-18(21)19(16)22/h2-8,13,15H,9-12H2,1H3,(H,24,26). The predicted molar refractivity (Wildman–Crippen MR) is 115 cm³/mol. The van der Waals surface area contributed by atoms with E-state index in [-0.39, 0.29) is 29.8 Å². The molecule has 3 rings (SSSR count). The molecule has 0 aliphatic carbocycles. The fraction of sp³-hybridized carbons (Fsp3) is 0.300. The zero-order chi connectivity index (χ0) is 21.0. The van der Waals surface area contributed by atoms with E-state index in [4.69, 9.17) is 23.2 Å². The molecule has 1 saturated heterocycles. The van der Waals surface area contributed by atoms with Gasteiger partial charge in [-0.15, -0.1) is 0 Å². The van der Waals surface area contributed by atoms with Crippen LogP contribution in [0, 0.1) is 12.8 Å². The van der Waals surface area contributed by atoms with Crippen LogP contribution in [0.25, 0.3) is 0 Å². The topological polar surface area (TPSA) is 78.8 Å². The minimum absolute atomic E-state index is 0.244. The first kappa shape index (κ1) is 21.8. The zero-order valence-electron chi connectivity index (χ0n) is 15.8. The Hall–Kier alpha value is -1.93. The monoisotopic (exact) mass is 453 g/mol. The Balaban J connectivity index is 1.56. The quantitative estimate of drug-likeness (QED) is 0.551. The number of hydrogen-bond acceptors (Lipinski definition) is 4. The van der Waals surface area contributed by atoms with Gasteiger partial charge in [0.15, 0.2) is 0 Å². The summed E-state index contributed by atoms with van der Waals surface area (Å²) in [6, 6.07) is 11.9. The number of hydrogen-bond donors (Lipinski definition) is 1. The first-order valence-corrected chi connectivity index (χ1v) is 11.3. The molecule has 1 heterocycles. The van der Waals surface area contributed by atoms with Gasteiger partial charge in [0.05, 0.1) is 21.2 Å². The number of amides is 1. The third-order valence-corrected chi connectivity index (χ3v) is 7.59. The highest BCUT2D eigenvalue weighted by Gasteiger charge is 2.32. The second kappa shape index (κ2) is 9.26. The lowest BCUT2D eigenvalue weighted by molar-refractivity contribution is -0.126. The first-order chi connectivity index (χ1) is 13.8. The highest BCUT2D eigenvalue weighted by Crippen LogP contribution is 2.25. The third-order valence-electron chi connectivity index (χ3n) is 4.84. The molecule has 1 N–H and O–H groups in total. The number of aryl methyl sites for hydroxylation is 1. The van der Waals surface area contributed by atoms with Gasteiger partial charge in [-0.05, 0) is 38.0 Å². The summed E-state index contributed by atoms with van der Waals surface area (Å²) in [6.45, 7) is 2.49. The fourth-order valence-electron chi connectivity index (χ4n) is 3.09. The van der Waals surface area contributed by atoms with Gasteiger partial charge in [0.2, 0.25) is 15.9 Å². The molecule has 0 spiro atoms. The summed E-state index contributed by atoms with van der Waals surface area (Å²) in [5.41, 5.74) is 4.09. The van der Waals surface area contributed by atoms with Gasteiger partial charge in [-0.2, -0.15) is 9.41 Å². The van der Waals surface area contributed by atoms with Gasteiger partial charge >= 0.3 is 0 Å². The van der Waals surface area contributed by atoms with Crippen LogP contribution < -0.4 is 5.43 Å². The van der Waals surface area contributed by atoms with E-state index in [2.05, 4.69) is 10.5 Å². The van der Waals surface area contributed by atoms with Crippen molar-refractivity contribution >= 4 is 45.3 Å². The number of nitrogens with one attached hydrogen (secondary N) is 1. The highest BCUT2D eigenvalue weighted by molar-refractivity contribution is 7.89. The highest BCUT2D eigenvalue weighted by atomic mass is 35.5. The van der Waals surface area contributed by atoms with Crippen LogP contribution in [0.1, 0.15) is 24.0 Å². The minimum Gasteiger partial charge on any atom is -0.273 e. The molecular formula is C20H21Cl2N3O3S. The van der Waals surface area contributed by atoms with E-state index in [9.17, 15) is 13.2 Å². The number of carbonyl (C=O) groups is 1. The first-order valence-electron chi connectivity index (χ1n) is 9.13. The Labute approximate surface area is 180 Å². The number of sulfonamides is 1. The Morgan fingerprint density at radius 1 is 1.14 bits per heavy atom. The lowest BCUT2D eigenvalue weighted by Gasteiger charge is -2.30. The van der Waals surface area contributed by atoms with Gasteiger partial charge in [-0.1, -0.05) is 53.0 Å². The van der Waals surface area contributed by atoms with Crippen LogP contribution in [0.3, 0.4) is 0 Å². The second-order valence-electron chi connectivity index (χ2n) is 6.87. The van der Waals surface area contributed by atoms with E-state index in [1.165, 1.54) is 10.5 Å². The van der Waals surface area contributed by atoms with E-state index >= 15 is 0 Å². The normalized spacial score (nSPS) is 16.2. The van der Waals surface area contributed by atoms with E-state index in [1.54, 1.807) is 42.5 Å². The number of rotatable bonds is 5. The zero-order valence-corrected chi connectivity index (χ0v) is 18.1. The van der Waals surface area contributed by atoms with Crippen LogP contribution in [0.2, 0.25) is 10.0 Å². The van der Waals surface area contributed by atoms with Gasteiger partial charge in [-0.3, -0.25) is 4.79 Å². The van der Waals surface area contributed by atoms with Gasteiger partial charge < -0.3 is 0 Å². The molecule has 1 aliphatic heterocycles. The molecule has 9 heteroatoms. The van der Waals surface area contributed by atoms with E-state index in [0.29, 0.717) is 28.5 Å². The lowest BCUT2D eigenvalue weighted by Crippen LogP contribution is -2.42. The van der Waals surface area contributed by atoms with Crippen LogP contribution in [-0.2, 0) is 14.8 Å². The van der Waals surface area contributed by atoms with Crippen LogP contribution in [0.4, 0.5) is 0 Å². The summed E-state index contributed by atoms with van der Waals surface area (Å²) in [5, 5.41) is 4.71. The molecule has 2 aromatic carbocycles. The van der Waals surface area contributed by atoms with Gasteiger partial charge in [-0.25, -0.2) is 13.8 Å². The molecule has 1 amide bonds. The lowest BCUT2D eigenvalue weighted by atomic mass is 9.98. The molecular weight excluding hydrogens is 433 g/mol. The molecule has 1 aliphatic rings. The van der Waals surface area contributed by atoms with Crippen molar-refractivity contribution in [2.24, 2.45) is 11.0 Å². The molecule has 0 bridgehead atoms. The maximum absolute atomic E-state index is 12.7. The Kier molecular flexibility index (Phi) is 6.95. The summed E-state index contributed by atoms with van der Waals surface area (Å²) in [6.07, 6.45) is 2.30. The smallest absolute Gasteiger partial charge is 0.243 e. The molecule has 0 unspecified atom stereocenters. The van der Waals surface area contributed by atoms with Crippen LogP contribution in [-0.4, -0.2) is 37.9 Å². The van der Waals surface area contributed by atoms with Crippen molar-refractivity contribution in [3.63, 3.8) is 0 Å². The summed E-state index contributed by atoms with van der Waals surface area (Å²) in [7, 11) is -3.54. The maximum atomic E-state index is 12.7. The molecule has 29 heavy (non-hydrogen) atoms. The second-order valence-corrected chi connectivity index (χ2v) is 9.59. The number of carbonyl (C=O) groups excluding carboxylic acids is 1. The molecule has 0 aromatic heterocycles. The van der Waals surface area contributed by atoms with Gasteiger partial charge in [0, 0.05) is 24.6 Å². The van der Waals surface area contributed by atoms with Crippen molar-refractivity contribution < 1.29 is 13.2 Å². The van der Waals surface area contributed by atoms with Crippen molar-refractivity contribution in [3.8, 4) is 0 Å². The van der Waals surface area contributed by atoms with Crippen LogP contribution in [0.5, 0.6) is 0 Å². The molecule has 2 aromatic rings. The fourth-order valence-corrected chi connectivity index (χ4v) is 4.92. The van der Waals surface area contributed by atoms with Crippen molar-refractivity contribution in [2.75, 3.05) is 13.1 Å². The summed E-state index contributed by atoms with van der Waals surface area (Å²) < 4.78 is 26.9. The molecule has 0 atom stereocenters. The average molecular weight is 454 g/mol. The average Bonchev–Trinajstić information content (AvgIpc) is 2.71. The Bertz CT molecular complexity index is 1020. The number of piperidine rings is 1. The van der Waals surface area contributed by atoms with Crippen molar-refractivity contribution in [3.05, 3.63) is 63.6 Å². The number of halogens is 2. The predicted octanol–water partition coefficient (Wildman–Crippen LogP) is 3.85. The van der Waals surface area contributed by atoms with E-state index < -0.39 is 10.0 Å². The maximum Gasteiger partial charge on any atom is 0.243 e. The van der Waals surface area contributed by atoms with Crippen molar-refractivity contribution in [1.29, 1.82) is 0 Å². The van der Waals surface area contributed by atoms with Crippen molar-refractivity contribution in [1.82, 2.24) is 9.73 Å². The van der Waals surface area contributed by atoms with Crippen LogP contribution >= 0.6 is 23.2 Å². The largest absolute Gasteiger partial charge is 0.273 e. The van der Waals surface area contributed by atoms with Gasteiger partial charge in [0.1, 0.15) is 0 Å². The van der Waals surface area contributed by atoms with Crippen molar-refractivity contribution in [2.45, 2.75) is 24.7 Å². The summed E-state index contributed by atoms with van der Waals surface area (Å²) in [4.78, 5) is 12.6. The molecule has 6 nitrogen and oxygen atoms in total. The summed E-state index contributed by atoms with van der Waals surface area (Å²) >= 11 is 12.0. The third kappa shape index (κ3) is 5.17. The SMILES string of the molecule is Cc1ccc(S(=O)(=O)N2CCC(C(=O)NN=Cc3cccc(Cl)c3Cl)CC2)cc1. The number of nitrogens with zero attached hydrogens (tertiary/aromatic N) is 2.